The number of nitrogens with zero attached hydrogens (tertiary/aromatic N) is 1. The molecule has 2 aromatic rings. The van der Waals surface area contributed by atoms with Gasteiger partial charge in [0.25, 0.3) is 0 Å². The number of rotatable bonds is 3. The molecule has 0 heterocycles. The molecular formula is C14H10ClF3N2O. The van der Waals surface area contributed by atoms with E-state index in [2.05, 4.69) is 10.5 Å². The normalized spacial score (nSPS) is 11.8. The Hall–Kier alpha value is -2.21. The lowest BCUT2D eigenvalue weighted by atomic mass is 10.2. The zero-order chi connectivity index (χ0) is 15.5. The maximum absolute atomic E-state index is 12.5. The van der Waals surface area contributed by atoms with Crippen LogP contribution >= 0.6 is 11.6 Å². The summed E-state index contributed by atoms with van der Waals surface area (Å²) in [7, 11) is 0. The van der Waals surface area contributed by atoms with Gasteiger partial charge in [-0.25, -0.2) is 0 Å². The SMILES string of the molecule is Oc1ccc(C=NNc2cccc(C(F)(F)F)c2)cc1Cl. The van der Waals surface area contributed by atoms with Gasteiger partial charge in [0.2, 0.25) is 0 Å². The molecule has 0 aliphatic carbocycles. The standard InChI is InChI=1S/C14H10ClF3N2O/c15-12-6-9(4-5-13(12)21)8-19-20-11-3-1-2-10(7-11)14(16,17)18/h1-8,20-21H. The summed E-state index contributed by atoms with van der Waals surface area (Å²) >= 11 is 5.72. The van der Waals surface area contributed by atoms with Gasteiger partial charge < -0.3 is 5.11 Å². The molecule has 0 fully saturated rings. The topological polar surface area (TPSA) is 44.6 Å². The number of phenolic OH excluding ortho intramolecular Hbond substituents is 1. The highest BCUT2D eigenvalue weighted by Crippen LogP contribution is 2.30. The zero-order valence-corrected chi connectivity index (χ0v) is 11.3. The fourth-order valence-corrected chi connectivity index (χ4v) is 1.74. The van der Waals surface area contributed by atoms with Crippen LogP contribution in [0.25, 0.3) is 0 Å². The lowest BCUT2D eigenvalue weighted by molar-refractivity contribution is -0.137. The molecule has 110 valence electrons. The molecule has 2 aromatic carbocycles. The van der Waals surface area contributed by atoms with Crippen molar-refractivity contribution in [3.05, 3.63) is 58.6 Å². The van der Waals surface area contributed by atoms with E-state index >= 15 is 0 Å². The van der Waals surface area contributed by atoms with Crippen molar-refractivity contribution in [1.82, 2.24) is 0 Å². The van der Waals surface area contributed by atoms with E-state index in [1.165, 1.54) is 30.5 Å². The molecule has 0 amide bonds. The average Bonchev–Trinajstić information content (AvgIpc) is 2.42. The molecule has 2 N–H and O–H groups in total. The molecule has 0 saturated carbocycles. The smallest absolute Gasteiger partial charge is 0.416 e. The number of alkyl halides is 3. The summed E-state index contributed by atoms with van der Waals surface area (Å²) in [5.41, 5.74) is 2.56. The van der Waals surface area contributed by atoms with Gasteiger partial charge in [0.1, 0.15) is 5.75 Å². The van der Waals surface area contributed by atoms with E-state index < -0.39 is 11.7 Å². The van der Waals surface area contributed by atoms with Crippen molar-refractivity contribution >= 4 is 23.5 Å². The maximum atomic E-state index is 12.5. The van der Waals surface area contributed by atoms with Crippen LogP contribution in [0, 0.1) is 0 Å². The van der Waals surface area contributed by atoms with Crippen LogP contribution in [0.15, 0.2) is 47.6 Å². The van der Waals surface area contributed by atoms with Gasteiger partial charge in [-0.15, -0.1) is 0 Å². The van der Waals surface area contributed by atoms with Gasteiger partial charge in [-0.1, -0.05) is 17.7 Å². The van der Waals surface area contributed by atoms with Crippen molar-refractivity contribution in [1.29, 1.82) is 0 Å². The molecule has 0 bridgehead atoms. The zero-order valence-electron chi connectivity index (χ0n) is 10.5. The van der Waals surface area contributed by atoms with Gasteiger partial charge >= 0.3 is 6.18 Å². The predicted molar refractivity (Wildman–Crippen MR) is 75.8 cm³/mol. The Kier molecular flexibility index (Phi) is 4.37. The number of benzene rings is 2. The predicted octanol–water partition coefficient (Wildman–Crippen LogP) is 4.51. The number of anilines is 1. The van der Waals surface area contributed by atoms with Gasteiger partial charge in [0.05, 0.1) is 22.5 Å². The second-order valence-electron chi connectivity index (χ2n) is 4.16. The minimum absolute atomic E-state index is 0.0559. The van der Waals surface area contributed by atoms with E-state index in [9.17, 15) is 18.3 Å². The number of nitrogens with one attached hydrogen (secondary N) is 1. The molecule has 0 radical (unpaired) electrons. The third-order valence-corrected chi connectivity index (χ3v) is 2.87. The Bertz CT molecular complexity index is 672. The first-order valence-corrected chi connectivity index (χ1v) is 6.19. The Morgan fingerprint density at radius 1 is 1.14 bits per heavy atom. The number of hydrogen-bond donors (Lipinski definition) is 2. The van der Waals surface area contributed by atoms with Gasteiger partial charge in [0.15, 0.2) is 0 Å². The van der Waals surface area contributed by atoms with Crippen molar-refractivity contribution in [3.8, 4) is 5.75 Å². The fraction of sp³-hybridized carbons (Fsp3) is 0.0714. The van der Waals surface area contributed by atoms with Crippen LogP contribution in [-0.4, -0.2) is 11.3 Å². The summed E-state index contributed by atoms with van der Waals surface area (Å²) in [5, 5.41) is 13.2. The number of hydrogen-bond acceptors (Lipinski definition) is 3. The summed E-state index contributed by atoms with van der Waals surface area (Å²) in [6.07, 6.45) is -3.02. The summed E-state index contributed by atoms with van der Waals surface area (Å²) in [6.45, 7) is 0. The molecular weight excluding hydrogens is 305 g/mol. The fourth-order valence-electron chi connectivity index (χ4n) is 1.55. The summed E-state index contributed by atoms with van der Waals surface area (Å²) < 4.78 is 37.6. The third kappa shape index (κ3) is 4.13. The molecule has 0 atom stereocenters. The van der Waals surface area contributed by atoms with Gasteiger partial charge in [-0.3, -0.25) is 5.43 Å². The number of halogens is 4. The van der Waals surface area contributed by atoms with E-state index in [-0.39, 0.29) is 16.5 Å². The van der Waals surface area contributed by atoms with Crippen LogP contribution in [-0.2, 0) is 6.18 Å². The quantitative estimate of drug-likeness (QED) is 0.646. The molecule has 0 saturated heterocycles. The van der Waals surface area contributed by atoms with Crippen LogP contribution in [0.2, 0.25) is 5.02 Å². The van der Waals surface area contributed by atoms with Gasteiger partial charge in [-0.05, 0) is 42.0 Å². The summed E-state index contributed by atoms with van der Waals surface area (Å²) in [5.74, 6) is -0.0559. The van der Waals surface area contributed by atoms with Crippen LogP contribution in [0.5, 0.6) is 5.75 Å². The second kappa shape index (κ2) is 6.05. The number of hydrazone groups is 1. The van der Waals surface area contributed by atoms with Crippen molar-refractivity contribution in [2.75, 3.05) is 5.43 Å². The molecule has 0 aliphatic rings. The maximum Gasteiger partial charge on any atom is 0.416 e. The van der Waals surface area contributed by atoms with E-state index in [1.807, 2.05) is 0 Å². The van der Waals surface area contributed by atoms with Gasteiger partial charge in [0, 0.05) is 0 Å². The van der Waals surface area contributed by atoms with Crippen LogP contribution < -0.4 is 5.43 Å². The first-order chi connectivity index (χ1) is 9.86. The summed E-state index contributed by atoms with van der Waals surface area (Å²) in [6, 6.07) is 9.14. The highest BCUT2D eigenvalue weighted by molar-refractivity contribution is 6.32. The highest BCUT2D eigenvalue weighted by atomic mass is 35.5. The van der Waals surface area contributed by atoms with E-state index in [0.717, 1.165) is 12.1 Å². The third-order valence-electron chi connectivity index (χ3n) is 2.57. The molecule has 0 aliphatic heterocycles. The van der Waals surface area contributed by atoms with E-state index in [0.29, 0.717) is 5.56 Å². The van der Waals surface area contributed by atoms with Crippen LogP contribution in [0.3, 0.4) is 0 Å². The first-order valence-electron chi connectivity index (χ1n) is 5.81. The van der Waals surface area contributed by atoms with E-state index in [4.69, 9.17) is 11.6 Å². The molecule has 0 spiro atoms. The summed E-state index contributed by atoms with van der Waals surface area (Å²) in [4.78, 5) is 0. The molecule has 3 nitrogen and oxygen atoms in total. The minimum Gasteiger partial charge on any atom is -0.506 e. The lowest BCUT2D eigenvalue weighted by Crippen LogP contribution is -2.05. The van der Waals surface area contributed by atoms with Crippen LogP contribution in [0.1, 0.15) is 11.1 Å². The Balaban J connectivity index is 2.09. The monoisotopic (exact) mass is 314 g/mol. The Morgan fingerprint density at radius 3 is 2.57 bits per heavy atom. The molecule has 7 heteroatoms. The second-order valence-corrected chi connectivity index (χ2v) is 4.57. The van der Waals surface area contributed by atoms with Crippen LogP contribution in [0.4, 0.5) is 18.9 Å². The van der Waals surface area contributed by atoms with Crippen molar-refractivity contribution in [2.45, 2.75) is 6.18 Å². The van der Waals surface area contributed by atoms with Gasteiger partial charge in [-0.2, -0.15) is 18.3 Å². The molecule has 0 aromatic heterocycles. The van der Waals surface area contributed by atoms with E-state index in [1.54, 1.807) is 6.07 Å². The first kappa shape index (κ1) is 15.2. The largest absolute Gasteiger partial charge is 0.506 e. The molecule has 21 heavy (non-hydrogen) atoms. The lowest BCUT2D eigenvalue weighted by Gasteiger charge is -2.08. The van der Waals surface area contributed by atoms with Crippen molar-refractivity contribution in [2.24, 2.45) is 5.10 Å². The highest BCUT2D eigenvalue weighted by Gasteiger charge is 2.30. The molecule has 2 rings (SSSR count). The average molecular weight is 315 g/mol. The Labute approximate surface area is 123 Å². The molecule has 0 unspecified atom stereocenters. The van der Waals surface area contributed by atoms with Crippen molar-refractivity contribution in [3.63, 3.8) is 0 Å². The number of aromatic hydroxyl groups is 1. The number of phenols is 1. The minimum atomic E-state index is -4.40. The van der Waals surface area contributed by atoms with Crippen molar-refractivity contribution < 1.29 is 18.3 Å². The Morgan fingerprint density at radius 2 is 1.90 bits per heavy atom.